The molecule has 10 nitrogen and oxygen atoms in total. The zero-order chi connectivity index (χ0) is 33.5. The highest BCUT2D eigenvalue weighted by Crippen LogP contribution is 2.27. The number of nitro benzene ring substituents is 1. The fourth-order valence-electron chi connectivity index (χ4n) is 4.78. The Morgan fingerprint density at radius 3 is 1.96 bits per heavy atom. The molecule has 0 aliphatic heterocycles. The third-order valence-corrected chi connectivity index (χ3v) is 8.78. The Labute approximate surface area is 267 Å². The van der Waals surface area contributed by atoms with E-state index in [1.165, 1.54) is 65.6 Å². The van der Waals surface area contributed by atoms with Crippen LogP contribution in [0.1, 0.15) is 31.9 Å². The zero-order valence-corrected chi connectivity index (χ0v) is 26.5. The average molecular weight is 647 g/mol. The molecule has 2 amide bonds. The summed E-state index contributed by atoms with van der Waals surface area (Å²) in [5.74, 6) is -1.65. The predicted octanol–water partition coefficient (Wildman–Crippen LogP) is 5.48. The molecular weight excluding hydrogens is 611 g/mol. The highest BCUT2D eigenvalue weighted by Gasteiger charge is 2.35. The van der Waals surface area contributed by atoms with E-state index in [0.717, 1.165) is 22.0 Å². The molecule has 0 radical (unpaired) electrons. The molecule has 0 saturated heterocycles. The minimum Gasteiger partial charge on any atom is -0.350 e. The average Bonchev–Trinajstić information content (AvgIpc) is 3.02. The Morgan fingerprint density at radius 2 is 1.41 bits per heavy atom. The molecule has 1 atom stereocenters. The van der Waals surface area contributed by atoms with Gasteiger partial charge in [0.2, 0.25) is 11.8 Å². The molecule has 4 aromatic rings. The number of nitro groups is 1. The summed E-state index contributed by atoms with van der Waals surface area (Å²) < 4.78 is 42.7. The monoisotopic (exact) mass is 646 g/mol. The van der Waals surface area contributed by atoms with Gasteiger partial charge in [-0.15, -0.1) is 0 Å². The number of nitrogens with one attached hydrogen (secondary N) is 1. The molecule has 0 fully saturated rings. The smallest absolute Gasteiger partial charge is 0.269 e. The lowest BCUT2D eigenvalue weighted by Gasteiger charge is -2.35. The van der Waals surface area contributed by atoms with Crippen LogP contribution in [-0.2, 0) is 32.6 Å². The molecule has 1 N–H and O–H groups in total. The SMILES string of the molecule is CC(C)(C)NC(=O)[C@H](Cc1ccccc1)N(Cc1ccc(F)cc1)C(=O)CN(c1ccc([N+](=O)[O-])cc1)S(=O)(=O)c1ccccc1. The van der Waals surface area contributed by atoms with E-state index in [9.17, 15) is 32.5 Å². The molecule has 0 aliphatic rings. The number of non-ortho nitro benzene ring substituents is 1. The standard InChI is InChI=1S/C34H35FN4O6S/c1-34(2,3)36-33(41)31(22-25-10-6-4-7-11-25)37(23-26-14-16-27(35)17-15-26)32(40)24-38(28-18-20-29(21-19-28)39(42)43)46(44,45)30-12-8-5-9-13-30/h4-21,31H,22-24H2,1-3H3,(H,36,41)/t31-/m0/s1. The first-order chi connectivity index (χ1) is 21.7. The van der Waals surface area contributed by atoms with Gasteiger partial charge in [0.1, 0.15) is 18.4 Å². The number of hydrogen-bond donors (Lipinski definition) is 1. The Bertz CT molecular complexity index is 1760. The molecule has 0 unspecified atom stereocenters. The third-order valence-electron chi connectivity index (χ3n) is 6.99. The van der Waals surface area contributed by atoms with Gasteiger partial charge in [-0.1, -0.05) is 60.7 Å². The molecule has 0 saturated carbocycles. The second kappa shape index (κ2) is 14.3. The van der Waals surface area contributed by atoms with Crippen molar-refractivity contribution in [3.8, 4) is 0 Å². The third kappa shape index (κ3) is 8.75. The fraction of sp³-hybridized carbons (Fsp3) is 0.235. The van der Waals surface area contributed by atoms with E-state index in [2.05, 4.69) is 5.32 Å². The number of sulfonamides is 1. The first kappa shape index (κ1) is 33.8. The van der Waals surface area contributed by atoms with Gasteiger partial charge in [0.05, 0.1) is 15.5 Å². The summed E-state index contributed by atoms with van der Waals surface area (Å²) in [4.78, 5) is 40.2. The van der Waals surface area contributed by atoms with Crippen LogP contribution in [0, 0.1) is 15.9 Å². The topological polar surface area (TPSA) is 130 Å². The van der Waals surface area contributed by atoms with Gasteiger partial charge in [-0.2, -0.15) is 0 Å². The summed E-state index contributed by atoms with van der Waals surface area (Å²) in [5.41, 5.74) is 0.384. The number of rotatable bonds is 12. The summed E-state index contributed by atoms with van der Waals surface area (Å²) in [5, 5.41) is 14.2. The molecular formula is C34H35FN4O6S. The molecule has 0 bridgehead atoms. The van der Waals surface area contributed by atoms with Crippen molar-refractivity contribution in [1.29, 1.82) is 0 Å². The molecule has 0 aliphatic carbocycles. The van der Waals surface area contributed by atoms with Crippen molar-refractivity contribution in [2.45, 2.75) is 50.2 Å². The van der Waals surface area contributed by atoms with Gasteiger partial charge in [0, 0.05) is 30.6 Å². The molecule has 0 heterocycles. The lowest BCUT2D eigenvalue weighted by atomic mass is 10.0. The van der Waals surface area contributed by atoms with Crippen LogP contribution in [0.15, 0.2) is 114 Å². The minimum absolute atomic E-state index is 0.0169. The highest BCUT2D eigenvalue weighted by molar-refractivity contribution is 7.92. The van der Waals surface area contributed by atoms with Crippen LogP contribution in [0.2, 0.25) is 0 Å². The molecule has 0 spiro atoms. The van der Waals surface area contributed by atoms with Gasteiger partial charge in [0.25, 0.3) is 15.7 Å². The van der Waals surface area contributed by atoms with E-state index >= 15 is 0 Å². The van der Waals surface area contributed by atoms with Crippen molar-refractivity contribution in [3.05, 3.63) is 136 Å². The van der Waals surface area contributed by atoms with Crippen molar-refractivity contribution in [1.82, 2.24) is 10.2 Å². The van der Waals surface area contributed by atoms with Crippen LogP contribution in [0.25, 0.3) is 0 Å². The summed E-state index contributed by atoms with van der Waals surface area (Å²) >= 11 is 0. The van der Waals surface area contributed by atoms with Gasteiger partial charge in [-0.05, 0) is 68.3 Å². The molecule has 46 heavy (non-hydrogen) atoms. The van der Waals surface area contributed by atoms with Gasteiger partial charge < -0.3 is 10.2 Å². The van der Waals surface area contributed by atoms with E-state index < -0.39 is 50.7 Å². The van der Waals surface area contributed by atoms with Crippen molar-refractivity contribution in [3.63, 3.8) is 0 Å². The fourth-order valence-corrected chi connectivity index (χ4v) is 6.22. The highest BCUT2D eigenvalue weighted by atomic mass is 32.2. The maximum atomic E-state index is 14.4. The van der Waals surface area contributed by atoms with Gasteiger partial charge in [-0.3, -0.25) is 24.0 Å². The number of anilines is 1. The molecule has 240 valence electrons. The maximum Gasteiger partial charge on any atom is 0.269 e. The first-order valence-corrected chi connectivity index (χ1v) is 15.9. The Balaban J connectivity index is 1.82. The van der Waals surface area contributed by atoms with E-state index in [1.807, 2.05) is 30.3 Å². The second-order valence-corrected chi connectivity index (χ2v) is 13.6. The molecule has 4 aromatic carbocycles. The zero-order valence-electron chi connectivity index (χ0n) is 25.7. The number of carbonyl (C=O) groups excluding carboxylic acids is 2. The number of hydrogen-bond acceptors (Lipinski definition) is 6. The lowest BCUT2D eigenvalue weighted by molar-refractivity contribution is -0.384. The van der Waals surface area contributed by atoms with Crippen molar-refractivity contribution >= 4 is 33.2 Å². The number of amides is 2. The number of halogens is 1. The summed E-state index contributed by atoms with van der Waals surface area (Å²) in [7, 11) is -4.36. The molecule has 4 rings (SSSR count). The number of benzene rings is 4. The van der Waals surface area contributed by atoms with Gasteiger partial charge in [-0.25, -0.2) is 12.8 Å². The number of nitrogens with zero attached hydrogens (tertiary/aromatic N) is 3. The van der Waals surface area contributed by atoms with E-state index in [4.69, 9.17) is 0 Å². The van der Waals surface area contributed by atoms with Crippen LogP contribution in [-0.4, -0.2) is 48.2 Å². The normalized spacial score (nSPS) is 12.2. The Kier molecular flexibility index (Phi) is 10.5. The van der Waals surface area contributed by atoms with Gasteiger partial charge >= 0.3 is 0 Å². The predicted molar refractivity (Wildman–Crippen MR) is 173 cm³/mol. The molecule has 0 aromatic heterocycles. The maximum absolute atomic E-state index is 14.4. The van der Waals surface area contributed by atoms with Crippen LogP contribution in [0.5, 0.6) is 0 Å². The van der Waals surface area contributed by atoms with Gasteiger partial charge in [0.15, 0.2) is 0 Å². The minimum atomic E-state index is -4.36. The van der Waals surface area contributed by atoms with Crippen LogP contribution >= 0.6 is 0 Å². The quantitative estimate of drug-likeness (QED) is 0.160. The van der Waals surface area contributed by atoms with Crippen molar-refractivity contribution in [2.24, 2.45) is 0 Å². The summed E-state index contributed by atoms with van der Waals surface area (Å²) in [6.45, 7) is 4.55. The van der Waals surface area contributed by atoms with Crippen LogP contribution in [0.3, 0.4) is 0 Å². The van der Waals surface area contributed by atoms with Crippen molar-refractivity contribution < 1.29 is 27.3 Å². The molecule has 12 heteroatoms. The Hall–Kier alpha value is -5.10. The van der Waals surface area contributed by atoms with Crippen LogP contribution < -0.4 is 9.62 Å². The second-order valence-electron chi connectivity index (χ2n) is 11.7. The van der Waals surface area contributed by atoms with E-state index in [-0.39, 0.29) is 29.2 Å². The van der Waals surface area contributed by atoms with Crippen LogP contribution in [0.4, 0.5) is 15.8 Å². The summed E-state index contributed by atoms with van der Waals surface area (Å²) in [6, 6.07) is 25.7. The Morgan fingerprint density at radius 1 is 0.848 bits per heavy atom. The van der Waals surface area contributed by atoms with E-state index in [1.54, 1.807) is 26.8 Å². The van der Waals surface area contributed by atoms with E-state index in [0.29, 0.717) is 5.56 Å². The number of carbonyl (C=O) groups is 2. The first-order valence-electron chi connectivity index (χ1n) is 14.5. The largest absolute Gasteiger partial charge is 0.350 e. The summed E-state index contributed by atoms with van der Waals surface area (Å²) in [6.07, 6.45) is 0.110. The lowest BCUT2D eigenvalue weighted by Crippen LogP contribution is -2.56. The van der Waals surface area contributed by atoms with Crippen molar-refractivity contribution in [2.75, 3.05) is 10.8 Å².